The lowest BCUT2D eigenvalue weighted by Gasteiger charge is -2.44. The van der Waals surface area contributed by atoms with E-state index in [2.05, 4.69) is 18.7 Å². The summed E-state index contributed by atoms with van der Waals surface area (Å²) in [5.41, 5.74) is 6.46. The molecule has 1 saturated carbocycles. The summed E-state index contributed by atoms with van der Waals surface area (Å²) in [6, 6.07) is 0. The van der Waals surface area contributed by atoms with Gasteiger partial charge in [-0.1, -0.05) is 19.3 Å². The first-order valence-electron chi connectivity index (χ1n) is 7.21. The van der Waals surface area contributed by atoms with Gasteiger partial charge in [0.1, 0.15) is 0 Å². The van der Waals surface area contributed by atoms with Gasteiger partial charge in [-0.2, -0.15) is 0 Å². The van der Waals surface area contributed by atoms with Crippen LogP contribution in [0.25, 0.3) is 0 Å². The van der Waals surface area contributed by atoms with Gasteiger partial charge in [0.25, 0.3) is 0 Å². The lowest BCUT2D eigenvalue weighted by atomic mass is 9.73. The second-order valence-corrected chi connectivity index (χ2v) is 6.22. The summed E-state index contributed by atoms with van der Waals surface area (Å²) < 4.78 is 5.80. The normalized spacial score (nSPS) is 34.8. The second kappa shape index (κ2) is 5.68. The molecule has 2 rings (SSSR count). The number of ether oxygens (including phenoxy) is 1. The monoisotopic (exact) mass is 240 g/mol. The predicted octanol–water partition coefficient (Wildman–Crippen LogP) is 2.00. The van der Waals surface area contributed by atoms with Crippen LogP contribution in [0.15, 0.2) is 0 Å². The van der Waals surface area contributed by atoms with Crippen molar-refractivity contribution in [2.24, 2.45) is 11.1 Å². The molecule has 1 saturated heterocycles. The van der Waals surface area contributed by atoms with Crippen LogP contribution in [0.4, 0.5) is 0 Å². The summed E-state index contributed by atoms with van der Waals surface area (Å²) >= 11 is 0. The van der Waals surface area contributed by atoms with Crippen molar-refractivity contribution in [2.45, 2.75) is 58.2 Å². The fraction of sp³-hybridized carbons (Fsp3) is 1.00. The van der Waals surface area contributed by atoms with Crippen LogP contribution in [0, 0.1) is 5.41 Å². The highest BCUT2D eigenvalue weighted by Crippen LogP contribution is 2.36. The highest BCUT2D eigenvalue weighted by atomic mass is 16.5. The van der Waals surface area contributed by atoms with Crippen molar-refractivity contribution >= 4 is 0 Å². The third-order valence-electron chi connectivity index (χ3n) is 4.40. The van der Waals surface area contributed by atoms with Gasteiger partial charge in [0, 0.05) is 19.6 Å². The number of hydrogen-bond donors (Lipinski definition) is 1. The zero-order valence-corrected chi connectivity index (χ0v) is 11.5. The molecule has 2 fully saturated rings. The average molecular weight is 240 g/mol. The molecule has 1 aliphatic carbocycles. The average Bonchev–Trinajstić information content (AvgIpc) is 2.29. The van der Waals surface area contributed by atoms with E-state index >= 15 is 0 Å². The summed E-state index contributed by atoms with van der Waals surface area (Å²) in [5, 5.41) is 0. The van der Waals surface area contributed by atoms with Crippen LogP contribution in [0.1, 0.15) is 46.0 Å². The standard InChI is InChI=1S/C14H28N2O/c1-12-8-16(9-13(2)17-12)11-14(10-15)6-4-3-5-7-14/h12-13H,3-11,15H2,1-2H3. The van der Waals surface area contributed by atoms with E-state index in [4.69, 9.17) is 10.5 Å². The Morgan fingerprint density at radius 3 is 2.24 bits per heavy atom. The molecule has 0 aromatic heterocycles. The van der Waals surface area contributed by atoms with Crippen molar-refractivity contribution in [1.29, 1.82) is 0 Å². The van der Waals surface area contributed by atoms with E-state index in [0.29, 0.717) is 17.6 Å². The van der Waals surface area contributed by atoms with E-state index in [1.54, 1.807) is 0 Å². The quantitative estimate of drug-likeness (QED) is 0.820. The minimum absolute atomic E-state index is 0.372. The predicted molar refractivity (Wildman–Crippen MR) is 71.0 cm³/mol. The number of nitrogens with two attached hydrogens (primary N) is 1. The SMILES string of the molecule is CC1CN(CC2(CN)CCCCC2)CC(C)O1. The third-order valence-corrected chi connectivity index (χ3v) is 4.40. The molecule has 3 nitrogen and oxygen atoms in total. The Bertz CT molecular complexity index is 228. The molecule has 2 atom stereocenters. The Morgan fingerprint density at radius 2 is 1.71 bits per heavy atom. The Labute approximate surface area is 106 Å². The smallest absolute Gasteiger partial charge is 0.0678 e. The third kappa shape index (κ3) is 3.43. The molecule has 0 amide bonds. The molecule has 0 bridgehead atoms. The number of hydrogen-bond acceptors (Lipinski definition) is 3. The van der Waals surface area contributed by atoms with E-state index in [-0.39, 0.29) is 0 Å². The van der Waals surface area contributed by atoms with Gasteiger partial charge in [0.05, 0.1) is 12.2 Å². The summed E-state index contributed by atoms with van der Waals surface area (Å²) in [6.45, 7) is 8.55. The second-order valence-electron chi connectivity index (χ2n) is 6.22. The van der Waals surface area contributed by atoms with Gasteiger partial charge < -0.3 is 10.5 Å². The molecule has 0 spiro atoms. The lowest BCUT2D eigenvalue weighted by Crippen LogP contribution is -2.51. The maximum Gasteiger partial charge on any atom is 0.0678 e. The fourth-order valence-electron chi connectivity index (χ4n) is 3.62. The highest BCUT2D eigenvalue weighted by molar-refractivity contribution is 4.88. The van der Waals surface area contributed by atoms with Crippen LogP contribution < -0.4 is 5.73 Å². The van der Waals surface area contributed by atoms with E-state index in [9.17, 15) is 0 Å². The van der Waals surface area contributed by atoms with Crippen LogP contribution in [0.3, 0.4) is 0 Å². The van der Waals surface area contributed by atoms with Crippen molar-refractivity contribution in [1.82, 2.24) is 4.90 Å². The minimum atomic E-state index is 0.372. The molecule has 100 valence electrons. The van der Waals surface area contributed by atoms with Gasteiger partial charge in [-0.3, -0.25) is 4.90 Å². The summed E-state index contributed by atoms with van der Waals surface area (Å²) in [7, 11) is 0. The van der Waals surface area contributed by atoms with Crippen molar-refractivity contribution in [3.63, 3.8) is 0 Å². The molecule has 2 unspecified atom stereocenters. The van der Waals surface area contributed by atoms with Crippen molar-refractivity contribution in [3.8, 4) is 0 Å². The van der Waals surface area contributed by atoms with Crippen molar-refractivity contribution < 1.29 is 4.74 Å². The zero-order valence-electron chi connectivity index (χ0n) is 11.5. The molecule has 0 aromatic carbocycles. The maximum atomic E-state index is 6.07. The van der Waals surface area contributed by atoms with Crippen LogP contribution in [-0.2, 0) is 4.74 Å². The molecule has 1 aliphatic heterocycles. The van der Waals surface area contributed by atoms with E-state index in [1.165, 1.54) is 38.6 Å². The summed E-state index contributed by atoms with van der Waals surface area (Å²) in [5.74, 6) is 0. The van der Waals surface area contributed by atoms with Gasteiger partial charge in [-0.15, -0.1) is 0 Å². The number of morpholine rings is 1. The molecule has 0 radical (unpaired) electrons. The van der Waals surface area contributed by atoms with Crippen LogP contribution in [0.2, 0.25) is 0 Å². The maximum absolute atomic E-state index is 6.07. The van der Waals surface area contributed by atoms with E-state index in [1.807, 2.05) is 0 Å². The van der Waals surface area contributed by atoms with Gasteiger partial charge in [-0.25, -0.2) is 0 Å². The zero-order chi connectivity index (χ0) is 12.3. The first-order valence-corrected chi connectivity index (χ1v) is 7.21. The molecular weight excluding hydrogens is 212 g/mol. The first kappa shape index (κ1) is 13.3. The molecule has 0 aromatic rings. The van der Waals surface area contributed by atoms with Crippen LogP contribution >= 0.6 is 0 Å². The summed E-state index contributed by atoms with van der Waals surface area (Å²) in [4.78, 5) is 2.58. The van der Waals surface area contributed by atoms with Crippen LogP contribution in [0.5, 0.6) is 0 Å². The Hall–Kier alpha value is -0.120. The van der Waals surface area contributed by atoms with Crippen molar-refractivity contribution in [2.75, 3.05) is 26.2 Å². The van der Waals surface area contributed by atoms with Gasteiger partial charge in [-0.05, 0) is 38.6 Å². The van der Waals surface area contributed by atoms with Crippen LogP contribution in [-0.4, -0.2) is 43.3 Å². The summed E-state index contributed by atoms with van der Waals surface area (Å²) in [6.07, 6.45) is 7.53. The number of nitrogens with zero attached hydrogens (tertiary/aromatic N) is 1. The van der Waals surface area contributed by atoms with Gasteiger partial charge in [0.15, 0.2) is 0 Å². The molecule has 17 heavy (non-hydrogen) atoms. The van der Waals surface area contributed by atoms with Gasteiger partial charge in [0.2, 0.25) is 0 Å². The Kier molecular flexibility index (Phi) is 4.45. The molecule has 3 heteroatoms. The highest BCUT2D eigenvalue weighted by Gasteiger charge is 2.34. The van der Waals surface area contributed by atoms with Crippen molar-refractivity contribution in [3.05, 3.63) is 0 Å². The van der Waals surface area contributed by atoms with Gasteiger partial charge >= 0.3 is 0 Å². The first-order chi connectivity index (χ1) is 8.13. The minimum Gasteiger partial charge on any atom is -0.373 e. The molecule has 1 heterocycles. The molecular formula is C14H28N2O. The van der Waals surface area contributed by atoms with E-state index < -0.39 is 0 Å². The van der Waals surface area contributed by atoms with E-state index in [0.717, 1.165) is 19.6 Å². The Morgan fingerprint density at radius 1 is 1.12 bits per heavy atom. The largest absolute Gasteiger partial charge is 0.373 e. The fourth-order valence-corrected chi connectivity index (χ4v) is 3.62. The lowest BCUT2D eigenvalue weighted by molar-refractivity contribution is -0.0797. The Balaban J connectivity index is 1.93. The molecule has 2 aliphatic rings. The number of rotatable bonds is 3. The topological polar surface area (TPSA) is 38.5 Å². The molecule has 2 N–H and O–H groups in total.